The smallest absolute Gasteiger partial charge is 0.339 e. The largest absolute Gasteiger partial charge is 0.452 e. The number of rotatable bonds is 5. The van der Waals surface area contributed by atoms with Crippen LogP contribution in [-0.4, -0.2) is 23.5 Å². The number of nitrogens with zero attached hydrogens (tertiary/aromatic N) is 1. The topological polar surface area (TPSA) is 68.3 Å². The lowest BCUT2D eigenvalue weighted by Gasteiger charge is -2.11. The number of aromatic nitrogens is 1. The molecule has 0 spiro atoms. The molecule has 0 saturated carbocycles. The molecule has 0 aliphatic rings. The molecular weight excluding hydrogens is 454 g/mol. The summed E-state index contributed by atoms with van der Waals surface area (Å²) in [5.74, 6) is -1.59. The Bertz CT molecular complexity index is 1330. The van der Waals surface area contributed by atoms with E-state index in [0.29, 0.717) is 32.9 Å². The van der Waals surface area contributed by atoms with E-state index in [4.69, 9.17) is 27.9 Å². The van der Waals surface area contributed by atoms with Crippen molar-refractivity contribution in [1.82, 2.24) is 4.98 Å². The average molecular weight is 469 g/mol. The minimum absolute atomic E-state index is 0.247. The van der Waals surface area contributed by atoms with Crippen molar-refractivity contribution in [2.75, 3.05) is 11.9 Å². The van der Waals surface area contributed by atoms with Crippen LogP contribution in [0.25, 0.3) is 22.2 Å². The Hall–Kier alpha value is -3.48. The molecule has 0 aliphatic carbocycles. The predicted molar refractivity (Wildman–Crippen MR) is 123 cm³/mol. The lowest BCUT2D eigenvalue weighted by atomic mass is 10.0. The van der Waals surface area contributed by atoms with Crippen LogP contribution in [0.4, 0.5) is 10.1 Å². The van der Waals surface area contributed by atoms with Gasteiger partial charge in [-0.2, -0.15) is 0 Å². The van der Waals surface area contributed by atoms with Gasteiger partial charge in [0, 0.05) is 16.6 Å². The van der Waals surface area contributed by atoms with Crippen LogP contribution >= 0.6 is 23.2 Å². The van der Waals surface area contributed by atoms with Crippen molar-refractivity contribution < 1.29 is 18.7 Å². The Balaban J connectivity index is 1.55. The summed E-state index contributed by atoms with van der Waals surface area (Å²) in [5, 5.41) is 3.82. The summed E-state index contributed by atoms with van der Waals surface area (Å²) < 4.78 is 18.5. The van der Waals surface area contributed by atoms with Gasteiger partial charge in [-0.15, -0.1) is 0 Å². The molecule has 160 valence electrons. The molecule has 0 fully saturated rings. The molecule has 0 saturated heterocycles. The fraction of sp³-hybridized carbons (Fsp3) is 0.0417. The molecule has 32 heavy (non-hydrogen) atoms. The van der Waals surface area contributed by atoms with E-state index < -0.39 is 18.5 Å². The second-order valence-electron chi connectivity index (χ2n) is 6.83. The van der Waals surface area contributed by atoms with E-state index in [1.165, 1.54) is 18.2 Å². The van der Waals surface area contributed by atoms with Gasteiger partial charge >= 0.3 is 5.97 Å². The van der Waals surface area contributed by atoms with E-state index >= 15 is 0 Å². The average Bonchev–Trinajstić information content (AvgIpc) is 2.79. The second-order valence-corrected chi connectivity index (χ2v) is 7.65. The molecule has 0 unspecified atom stereocenters. The molecular formula is C24H15Cl2FN2O3. The third-order valence-electron chi connectivity index (χ3n) is 4.61. The highest BCUT2D eigenvalue weighted by Gasteiger charge is 2.17. The summed E-state index contributed by atoms with van der Waals surface area (Å²) in [6, 6.07) is 19.0. The van der Waals surface area contributed by atoms with Crippen LogP contribution in [0, 0.1) is 5.82 Å². The lowest BCUT2D eigenvalue weighted by molar-refractivity contribution is -0.119. The van der Waals surface area contributed by atoms with Crippen molar-refractivity contribution in [3.05, 3.63) is 94.2 Å². The molecule has 1 aromatic heterocycles. The third-order valence-corrected chi connectivity index (χ3v) is 5.35. The number of anilines is 1. The minimum Gasteiger partial charge on any atom is -0.452 e. The maximum absolute atomic E-state index is 13.3. The zero-order valence-electron chi connectivity index (χ0n) is 16.4. The molecule has 0 bridgehead atoms. The van der Waals surface area contributed by atoms with Crippen LogP contribution < -0.4 is 5.32 Å². The van der Waals surface area contributed by atoms with Gasteiger partial charge in [0.05, 0.1) is 26.8 Å². The van der Waals surface area contributed by atoms with Crippen molar-refractivity contribution in [2.24, 2.45) is 0 Å². The number of para-hydroxylation sites is 1. The zero-order chi connectivity index (χ0) is 22.7. The maximum Gasteiger partial charge on any atom is 0.339 e. The first-order valence-corrected chi connectivity index (χ1v) is 10.2. The van der Waals surface area contributed by atoms with Crippen molar-refractivity contribution in [3.8, 4) is 11.3 Å². The Kier molecular flexibility index (Phi) is 6.35. The number of fused-ring (bicyclic) bond motifs is 1. The van der Waals surface area contributed by atoms with Crippen LogP contribution in [0.1, 0.15) is 10.4 Å². The standard InChI is InChI=1S/C24H15Cl2FN2O3/c25-19-10-9-16(11-20(19)26)28-23(30)13-32-24(31)18-12-22(14-5-7-15(27)8-6-14)29-21-4-2-1-3-17(18)21/h1-12H,13H2,(H,28,30). The lowest BCUT2D eigenvalue weighted by Crippen LogP contribution is -2.21. The predicted octanol–water partition coefficient (Wildman–Crippen LogP) is 6.14. The summed E-state index contributed by atoms with van der Waals surface area (Å²) in [5.41, 5.74) is 2.37. The van der Waals surface area contributed by atoms with E-state index in [-0.39, 0.29) is 16.4 Å². The molecule has 0 atom stereocenters. The fourth-order valence-corrected chi connectivity index (χ4v) is 3.39. The summed E-state index contributed by atoms with van der Waals surface area (Å²) in [7, 11) is 0. The molecule has 5 nitrogen and oxygen atoms in total. The number of benzene rings is 3. The molecule has 0 aliphatic heterocycles. The number of amides is 1. The van der Waals surface area contributed by atoms with Gasteiger partial charge in [-0.25, -0.2) is 14.2 Å². The molecule has 1 N–H and O–H groups in total. The summed E-state index contributed by atoms with van der Waals surface area (Å²) in [4.78, 5) is 29.6. The van der Waals surface area contributed by atoms with Crippen molar-refractivity contribution in [3.63, 3.8) is 0 Å². The van der Waals surface area contributed by atoms with Gasteiger partial charge in [0.1, 0.15) is 5.82 Å². The number of carbonyl (C=O) groups excluding carboxylic acids is 2. The molecule has 0 radical (unpaired) electrons. The monoisotopic (exact) mass is 468 g/mol. The number of ether oxygens (including phenoxy) is 1. The van der Waals surface area contributed by atoms with Gasteiger partial charge in [-0.05, 0) is 54.6 Å². The van der Waals surface area contributed by atoms with E-state index in [0.717, 1.165) is 0 Å². The van der Waals surface area contributed by atoms with E-state index in [2.05, 4.69) is 10.3 Å². The quantitative estimate of drug-likeness (QED) is 0.357. The summed E-state index contributed by atoms with van der Waals surface area (Å²) in [6.07, 6.45) is 0. The van der Waals surface area contributed by atoms with Crippen LogP contribution in [0.15, 0.2) is 72.8 Å². The summed E-state index contributed by atoms with van der Waals surface area (Å²) in [6.45, 7) is -0.498. The first kappa shape index (κ1) is 21.7. The van der Waals surface area contributed by atoms with Gasteiger partial charge < -0.3 is 10.1 Å². The van der Waals surface area contributed by atoms with Gasteiger partial charge in [0.25, 0.3) is 5.91 Å². The highest BCUT2D eigenvalue weighted by atomic mass is 35.5. The fourth-order valence-electron chi connectivity index (χ4n) is 3.09. The van der Waals surface area contributed by atoms with Crippen LogP contribution in [-0.2, 0) is 9.53 Å². The molecule has 3 aromatic carbocycles. The maximum atomic E-state index is 13.3. The molecule has 1 amide bonds. The number of hydrogen-bond donors (Lipinski definition) is 1. The van der Waals surface area contributed by atoms with Crippen LogP contribution in [0.3, 0.4) is 0 Å². The number of hydrogen-bond acceptors (Lipinski definition) is 4. The first-order valence-electron chi connectivity index (χ1n) is 9.48. The SMILES string of the molecule is O=C(COC(=O)c1cc(-c2ccc(F)cc2)nc2ccccc12)Nc1ccc(Cl)c(Cl)c1. The van der Waals surface area contributed by atoms with Crippen molar-refractivity contribution in [2.45, 2.75) is 0 Å². The van der Waals surface area contributed by atoms with Gasteiger partial charge in [0.2, 0.25) is 0 Å². The second kappa shape index (κ2) is 9.34. The normalized spacial score (nSPS) is 10.7. The van der Waals surface area contributed by atoms with Crippen LogP contribution in [0.2, 0.25) is 10.0 Å². The van der Waals surface area contributed by atoms with Gasteiger partial charge in [-0.1, -0.05) is 41.4 Å². The number of carbonyl (C=O) groups is 2. The van der Waals surface area contributed by atoms with Crippen molar-refractivity contribution in [1.29, 1.82) is 0 Å². The molecule has 4 aromatic rings. The summed E-state index contributed by atoms with van der Waals surface area (Å²) >= 11 is 11.8. The van der Waals surface area contributed by atoms with E-state index in [1.807, 2.05) is 0 Å². The number of halogens is 3. The Labute approximate surface area is 192 Å². The van der Waals surface area contributed by atoms with Crippen LogP contribution in [0.5, 0.6) is 0 Å². The number of pyridine rings is 1. The van der Waals surface area contributed by atoms with Crippen molar-refractivity contribution >= 4 is 51.7 Å². The number of esters is 1. The highest BCUT2D eigenvalue weighted by molar-refractivity contribution is 6.42. The zero-order valence-corrected chi connectivity index (χ0v) is 18.0. The molecule has 8 heteroatoms. The molecule has 4 rings (SSSR count). The van der Waals surface area contributed by atoms with E-state index in [9.17, 15) is 14.0 Å². The highest BCUT2D eigenvalue weighted by Crippen LogP contribution is 2.26. The Morgan fingerprint density at radius 3 is 2.44 bits per heavy atom. The van der Waals surface area contributed by atoms with E-state index in [1.54, 1.807) is 54.6 Å². The van der Waals surface area contributed by atoms with Gasteiger partial charge in [0.15, 0.2) is 6.61 Å². The minimum atomic E-state index is -0.684. The van der Waals surface area contributed by atoms with Gasteiger partial charge in [-0.3, -0.25) is 4.79 Å². The number of nitrogens with one attached hydrogen (secondary N) is 1. The Morgan fingerprint density at radius 1 is 0.938 bits per heavy atom. The first-order chi connectivity index (χ1) is 15.4. The third kappa shape index (κ3) is 4.88. The Morgan fingerprint density at radius 2 is 1.69 bits per heavy atom. The molecule has 1 heterocycles.